The molecule has 11 heteroatoms. The number of anilines is 2. The van der Waals surface area contributed by atoms with Gasteiger partial charge in [0.2, 0.25) is 5.88 Å². The fourth-order valence-electron chi connectivity index (χ4n) is 2.90. The Labute approximate surface area is 186 Å². The van der Waals surface area contributed by atoms with E-state index in [4.69, 9.17) is 4.74 Å². The molecule has 4 aromatic rings. The van der Waals surface area contributed by atoms with Crippen molar-refractivity contribution >= 4 is 11.5 Å². The first kappa shape index (κ1) is 22.2. The van der Waals surface area contributed by atoms with Gasteiger partial charge in [-0.1, -0.05) is 0 Å². The summed E-state index contributed by atoms with van der Waals surface area (Å²) in [7, 11) is 0. The van der Waals surface area contributed by atoms with Crippen LogP contribution in [0, 0.1) is 0 Å². The van der Waals surface area contributed by atoms with E-state index in [1.165, 1.54) is 42.9 Å². The van der Waals surface area contributed by atoms with Crippen LogP contribution < -0.4 is 10.1 Å². The van der Waals surface area contributed by atoms with E-state index in [-0.39, 0.29) is 11.6 Å². The highest BCUT2D eigenvalue weighted by Gasteiger charge is 2.35. The molecular formula is C22H19F3N6O2. The standard InChI is InChI=1S/C22H19F3N6O2/c1-21(2,32)17-11-14(3-9-27-17)29-19-12-16(6-10-28-19)33-20-13-18(22(23,24)25)30-31(20)15-4-7-26-8-5-15/h3-13,32H,1-2H3,(H,27,28,29). The summed E-state index contributed by atoms with van der Waals surface area (Å²) in [5, 5.41) is 16.9. The number of hydrogen-bond donors (Lipinski definition) is 2. The number of halogens is 3. The maximum absolute atomic E-state index is 13.3. The molecule has 170 valence electrons. The predicted molar refractivity (Wildman–Crippen MR) is 113 cm³/mol. The molecule has 0 saturated heterocycles. The normalized spacial score (nSPS) is 11.9. The number of aliphatic hydroxyl groups is 1. The first-order valence-corrected chi connectivity index (χ1v) is 9.77. The van der Waals surface area contributed by atoms with Crippen LogP contribution in [0.1, 0.15) is 25.2 Å². The summed E-state index contributed by atoms with van der Waals surface area (Å²) in [5.41, 5.74) is -0.775. The summed E-state index contributed by atoms with van der Waals surface area (Å²) in [5.74, 6) is 0.499. The SMILES string of the molecule is CC(C)(O)c1cc(Nc2cc(Oc3cc(C(F)(F)F)nn3-c3ccncc3)ccn2)ccn1. The van der Waals surface area contributed by atoms with Crippen molar-refractivity contribution in [1.29, 1.82) is 0 Å². The van der Waals surface area contributed by atoms with Gasteiger partial charge in [-0.2, -0.15) is 18.3 Å². The molecule has 0 aromatic carbocycles. The van der Waals surface area contributed by atoms with Crippen LogP contribution in [0.25, 0.3) is 5.69 Å². The highest BCUT2D eigenvalue weighted by Crippen LogP contribution is 2.34. The zero-order valence-electron chi connectivity index (χ0n) is 17.6. The zero-order chi connectivity index (χ0) is 23.6. The lowest BCUT2D eigenvalue weighted by atomic mass is 10.0. The number of alkyl halides is 3. The minimum atomic E-state index is -4.64. The van der Waals surface area contributed by atoms with Gasteiger partial charge in [0.05, 0.1) is 11.4 Å². The van der Waals surface area contributed by atoms with E-state index in [9.17, 15) is 18.3 Å². The average molecular weight is 456 g/mol. The van der Waals surface area contributed by atoms with E-state index >= 15 is 0 Å². The first-order chi connectivity index (χ1) is 15.6. The fourth-order valence-corrected chi connectivity index (χ4v) is 2.90. The number of nitrogens with one attached hydrogen (secondary N) is 1. The largest absolute Gasteiger partial charge is 0.439 e. The van der Waals surface area contributed by atoms with Crippen molar-refractivity contribution in [3.05, 3.63) is 78.6 Å². The molecule has 0 atom stereocenters. The van der Waals surface area contributed by atoms with Crippen molar-refractivity contribution in [2.24, 2.45) is 0 Å². The monoisotopic (exact) mass is 456 g/mol. The van der Waals surface area contributed by atoms with Gasteiger partial charge in [-0.3, -0.25) is 9.97 Å². The highest BCUT2D eigenvalue weighted by molar-refractivity contribution is 5.57. The van der Waals surface area contributed by atoms with E-state index in [2.05, 4.69) is 25.4 Å². The van der Waals surface area contributed by atoms with Gasteiger partial charge >= 0.3 is 6.18 Å². The van der Waals surface area contributed by atoms with Gasteiger partial charge in [0, 0.05) is 42.6 Å². The Morgan fingerprint density at radius 3 is 2.33 bits per heavy atom. The average Bonchev–Trinajstić information content (AvgIpc) is 3.19. The van der Waals surface area contributed by atoms with Crippen LogP contribution in [0.4, 0.5) is 24.7 Å². The predicted octanol–water partition coefficient (Wildman–Crippen LogP) is 4.84. The lowest BCUT2D eigenvalue weighted by Gasteiger charge is -2.17. The van der Waals surface area contributed by atoms with E-state index in [0.29, 0.717) is 22.9 Å². The van der Waals surface area contributed by atoms with Crippen molar-refractivity contribution in [2.75, 3.05) is 5.32 Å². The summed E-state index contributed by atoms with van der Waals surface area (Å²) in [6.45, 7) is 3.24. The van der Waals surface area contributed by atoms with Crippen LogP contribution in [0.5, 0.6) is 11.6 Å². The van der Waals surface area contributed by atoms with Crippen molar-refractivity contribution in [2.45, 2.75) is 25.6 Å². The Bertz CT molecular complexity index is 1250. The number of nitrogens with zero attached hydrogens (tertiary/aromatic N) is 5. The van der Waals surface area contributed by atoms with Crippen molar-refractivity contribution < 1.29 is 23.0 Å². The molecule has 0 spiro atoms. The van der Waals surface area contributed by atoms with Crippen LogP contribution >= 0.6 is 0 Å². The number of pyridine rings is 3. The minimum absolute atomic E-state index is 0.126. The van der Waals surface area contributed by atoms with Crippen molar-refractivity contribution in [3.63, 3.8) is 0 Å². The van der Waals surface area contributed by atoms with Crippen molar-refractivity contribution in [3.8, 4) is 17.3 Å². The molecular weight excluding hydrogens is 437 g/mol. The van der Waals surface area contributed by atoms with Gasteiger partial charge in [-0.15, -0.1) is 0 Å². The van der Waals surface area contributed by atoms with Gasteiger partial charge in [0.25, 0.3) is 0 Å². The molecule has 2 N–H and O–H groups in total. The maximum atomic E-state index is 13.3. The second-order valence-corrected chi connectivity index (χ2v) is 7.58. The van der Waals surface area contributed by atoms with E-state index in [1.807, 2.05) is 0 Å². The third-order valence-electron chi connectivity index (χ3n) is 4.49. The minimum Gasteiger partial charge on any atom is -0.439 e. The Kier molecular flexibility index (Phi) is 5.73. The molecule has 0 fully saturated rings. The molecule has 4 aromatic heterocycles. The van der Waals surface area contributed by atoms with E-state index in [1.54, 1.807) is 32.2 Å². The molecule has 0 radical (unpaired) electrons. The molecule has 0 aliphatic heterocycles. The summed E-state index contributed by atoms with van der Waals surface area (Å²) in [4.78, 5) is 12.2. The Balaban J connectivity index is 1.62. The van der Waals surface area contributed by atoms with Crippen LogP contribution in [0.2, 0.25) is 0 Å². The molecule has 0 bridgehead atoms. The lowest BCUT2D eigenvalue weighted by Crippen LogP contribution is -2.17. The fraction of sp³-hybridized carbons (Fsp3) is 0.182. The van der Waals surface area contributed by atoms with E-state index < -0.39 is 17.5 Å². The maximum Gasteiger partial charge on any atom is 0.435 e. The summed E-state index contributed by atoms with van der Waals surface area (Å²) in [6.07, 6.45) is 1.24. The summed E-state index contributed by atoms with van der Waals surface area (Å²) >= 11 is 0. The first-order valence-electron chi connectivity index (χ1n) is 9.77. The molecule has 8 nitrogen and oxygen atoms in total. The molecule has 0 amide bonds. The molecule has 4 rings (SSSR count). The molecule has 0 aliphatic carbocycles. The van der Waals surface area contributed by atoms with Crippen LogP contribution in [-0.4, -0.2) is 29.8 Å². The topological polar surface area (TPSA) is 98.0 Å². The quantitative estimate of drug-likeness (QED) is 0.428. The Hall–Kier alpha value is -3.99. The molecule has 0 aliphatic rings. The Morgan fingerprint density at radius 1 is 0.909 bits per heavy atom. The highest BCUT2D eigenvalue weighted by atomic mass is 19.4. The molecule has 33 heavy (non-hydrogen) atoms. The third-order valence-corrected chi connectivity index (χ3v) is 4.49. The van der Waals surface area contributed by atoms with Gasteiger partial charge < -0.3 is 15.2 Å². The van der Waals surface area contributed by atoms with E-state index in [0.717, 1.165) is 10.7 Å². The molecule has 0 saturated carbocycles. The van der Waals surface area contributed by atoms with Gasteiger partial charge in [-0.05, 0) is 44.2 Å². The van der Waals surface area contributed by atoms with Crippen LogP contribution in [0.3, 0.4) is 0 Å². The Morgan fingerprint density at radius 2 is 1.64 bits per heavy atom. The van der Waals surface area contributed by atoms with Crippen molar-refractivity contribution in [1.82, 2.24) is 24.7 Å². The number of aromatic nitrogens is 5. The number of ether oxygens (including phenoxy) is 1. The van der Waals surface area contributed by atoms with Gasteiger partial charge in [0.1, 0.15) is 17.2 Å². The summed E-state index contributed by atoms with van der Waals surface area (Å²) in [6, 6.07) is 10.3. The van der Waals surface area contributed by atoms with Crippen LogP contribution in [-0.2, 0) is 11.8 Å². The van der Waals surface area contributed by atoms with Crippen LogP contribution in [0.15, 0.2) is 67.3 Å². The molecule has 0 unspecified atom stereocenters. The zero-order valence-corrected chi connectivity index (χ0v) is 17.6. The second kappa shape index (κ2) is 8.51. The van der Waals surface area contributed by atoms with Gasteiger partial charge in [0.15, 0.2) is 5.69 Å². The number of hydrogen-bond acceptors (Lipinski definition) is 7. The smallest absolute Gasteiger partial charge is 0.435 e. The third kappa shape index (κ3) is 5.26. The lowest BCUT2D eigenvalue weighted by molar-refractivity contribution is -0.141. The summed E-state index contributed by atoms with van der Waals surface area (Å²) < 4.78 is 46.6. The molecule has 4 heterocycles. The van der Waals surface area contributed by atoms with Gasteiger partial charge in [-0.25, -0.2) is 9.67 Å². The number of rotatable bonds is 6. The second-order valence-electron chi connectivity index (χ2n) is 7.58.